The molecule has 0 aromatic carbocycles. The highest BCUT2D eigenvalue weighted by Gasteiger charge is 2.09. The third-order valence-electron chi connectivity index (χ3n) is 2.16. The highest BCUT2D eigenvalue weighted by atomic mass is 19.1. The van der Waals surface area contributed by atoms with E-state index in [9.17, 15) is 4.39 Å². The van der Waals surface area contributed by atoms with Crippen molar-refractivity contribution in [3.05, 3.63) is 0 Å². The molecule has 0 aromatic rings. The first-order valence-corrected chi connectivity index (χ1v) is 3.98. The molecule has 0 saturated carbocycles. The molecule has 0 rings (SSSR count). The fraction of sp³-hybridized carbons (Fsp3) is 1.00. The molecule has 0 heterocycles. The van der Waals surface area contributed by atoms with E-state index in [4.69, 9.17) is 5.73 Å². The molecule has 2 N–H and O–H groups in total. The lowest BCUT2D eigenvalue weighted by Crippen LogP contribution is -2.13. The van der Waals surface area contributed by atoms with Gasteiger partial charge in [0.05, 0.1) is 6.67 Å². The van der Waals surface area contributed by atoms with Gasteiger partial charge in [-0.3, -0.25) is 4.39 Å². The molecule has 2 heteroatoms. The van der Waals surface area contributed by atoms with Gasteiger partial charge in [0.25, 0.3) is 0 Å². The molecule has 0 spiro atoms. The summed E-state index contributed by atoms with van der Waals surface area (Å²) < 4.78 is 11.8. The van der Waals surface area contributed by atoms with Gasteiger partial charge in [-0.15, -0.1) is 0 Å². The van der Waals surface area contributed by atoms with Gasteiger partial charge in [-0.05, 0) is 31.2 Å². The van der Waals surface area contributed by atoms with Crippen LogP contribution in [0.15, 0.2) is 0 Å². The maximum Gasteiger partial charge on any atom is 0.0897 e. The van der Waals surface area contributed by atoms with Crippen molar-refractivity contribution in [1.82, 2.24) is 0 Å². The zero-order valence-corrected chi connectivity index (χ0v) is 6.94. The van der Waals surface area contributed by atoms with Crippen molar-refractivity contribution >= 4 is 0 Å². The number of hydrogen-bond donors (Lipinski definition) is 1. The predicted molar refractivity (Wildman–Crippen MR) is 42.6 cm³/mol. The van der Waals surface area contributed by atoms with Gasteiger partial charge in [-0.1, -0.05) is 13.8 Å². The summed E-state index contributed by atoms with van der Waals surface area (Å²) >= 11 is 0. The summed E-state index contributed by atoms with van der Waals surface area (Å²) in [5.74, 6) is 1.05. The van der Waals surface area contributed by atoms with Crippen molar-refractivity contribution in [2.24, 2.45) is 17.6 Å². The van der Waals surface area contributed by atoms with Crippen LogP contribution in [0.1, 0.15) is 26.7 Å². The second-order valence-corrected chi connectivity index (χ2v) is 3.01. The summed E-state index contributed by atoms with van der Waals surface area (Å²) in [6.45, 7) is 4.74. The normalized spacial score (nSPS) is 16.8. The van der Waals surface area contributed by atoms with E-state index >= 15 is 0 Å². The molecule has 0 aromatic heterocycles. The largest absolute Gasteiger partial charge is 0.330 e. The average molecular weight is 147 g/mol. The van der Waals surface area contributed by atoms with Crippen molar-refractivity contribution in [3.8, 4) is 0 Å². The predicted octanol–water partition coefficient (Wildman–Crippen LogP) is 1.97. The average Bonchev–Trinajstić information content (AvgIpc) is 1.89. The lowest BCUT2D eigenvalue weighted by molar-refractivity contribution is 0.309. The minimum Gasteiger partial charge on any atom is -0.330 e. The minimum atomic E-state index is -0.198. The van der Waals surface area contributed by atoms with Crippen LogP contribution in [0.25, 0.3) is 0 Å². The quantitative estimate of drug-likeness (QED) is 0.632. The van der Waals surface area contributed by atoms with Crippen molar-refractivity contribution in [1.29, 1.82) is 0 Å². The van der Waals surface area contributed by atoms with E-state index in [2.05, 4.69) is 13.8 Å². The first kappa shape index (κ1) is 9.89. The molecule has 0 amide bonds. The number of hydrogen-bond acceptors (Lipinski definition) is 1. The topological polar surface area (TPSA) is 26.0 Å². The fourth-order valence-corrected chi connectivity index (χ4v) is 1.00. The van der Waals surface area contributed by atoms with Gasteiger partial charge in [-0.25, -0.2) is 0 Å². The van der Waals surface area contributed by atoms with E-state index in [1.807, 2.05) is 0 Å². The van der Waals surface area contributed by atoms with Gasteiger partial charge in [0.2, 0.25) is 0 Å². The Balaban J connectivity index is 3.38. The van der Waals surface area contributed by atoms with Crippen LogP contribution in [0.4, 0.5) is 4.39 Å². The Hall–Kier alpha value is -0.110. The molecule has 2 atom stereocenters. The van der Waals surface area contributed by atoms with E-state index in [1.165, 1.54) is 0 Å². The Morgan fingerprint density at radius 2 is 1.70 bits per heavy atom. The van der Waals surface area contributed by atoms with Crippen LogP contribution >= 0.6 is 0 Å². The van der Waals surface area contributed by atoms with Gasteiger partial charge >= 0.3 is 0 Å². The summed E-state index contributed by atoms with van der Waals surface area (Å²) in [4.78, 5) is 0. The SMILES string of the molecule is CC(CCN)[C@@H](C)CCF. The number of alkyl halides is 1. The molecule has 1 unspecified atom stereocenters. The molecule has 0 radical (unpaired) electrons. The number of rotatable bonds is 5. The summed E-state index contributed by atoms with van der Waals surface area (Å²) in [5.41, 5.74) is 5.37. The smallest absolute Gasteiger partial charge is 0.0897 e. The molecular weight excluding hydrogens is 129 g/mol. The Morgan fingerprint density at radius 3 is 2.10 bits per heavy atom. The minimum absolute atomic E-state index is 0.198. The van der Waals surface area contributed by atoms with E-state index < -0.39 is 0 Å². The van der Waals surface area contributed by atoms with Gasteiger partial charge in [0.15, 0.2) is 0 Å². The van der Waals surface area contributed by atoms with Crippen LogP contribution in [0.5, 0.6) is 0 Å². The molecule has 0 bridgehead atoms. The van der Waals surface area contributed by atoms with Crippen LogP contribution < -0.4 is 5.73 Å². The molecule has 0 saturated heterocycles. The van der Waals surface area contributed by atoms with Crippen LogP contribution in [-0.2, 0) is 0 Å². The lowest BCUT2D eigenvalue weighted by Gasteiger charge is -2.16. The summed E-state index contributed by atoms with van der Waals surface area (Å²) in [6, 6.07) is 0. The number of halogens is 1. The highest BCUT2D eigenvalue weighted by Crippen LogP contribution is 2.17. The lowest BCUT2D eigenvalue weighted by atomic mass is 9.91. The maximum atomic E-state index is 11.8. The third-order valence-corrected chi connectivity index (χ3v) is 2.16. The van der Waals surface area contributed by atoms with Crippen LogP contribution in [-0.4, -0.2) is 13.2 Å². The summed E-state index contributed by atoms with van der Waals surface area (Å²) in [5, 5.41) is 0. The highest BCUT2D eigenvalue weighted by molar-refractivity contribution is 4.61. The van der Waals surface area contributed by atoms with Gasteiger partial charge in [0, 0.05) is 0 Å². The monoisotopic (exact) mass is 147 g/mol. The Labute approximate surface area is 62.8 Å². The Morgan fingerprint density at radius 1 is 1.20 bits per heavy atom. The second kappa shape index (κ2) is 5.66. The first-order valence-electron chi connectivity index (χ1n) is 3.98. The molecule has 0 aliphatic heterocycles. The first-order chi connectivity index (χ1) is 4.72. The standard InChI is InChI=1S/C8H18FN/c1-7(3-5-9)8(2)4-6-10/h7-8H,3-6,10H2,1-2H3/t7-,8?/m0/s1. The van der Waals surface area contributed by atoms with Crippen LogP contribution in [0.2, 0.25) is 0 Å². The van der Waals surface area contributed by atoms with Crippen LogP contribution in [0, 0.1) is 11.8 Å². The van der Waals surface area contributed by atoms with Crippen molar-refractivity contribution in [3.63, 3.8) is 0 Å². The summed E-state index contributed by atoms with van der Waals surface area (Å²) in [7, 11) is 0. The molecule has 1 nitrogen and oxygen atoms in total. The zero-order chi connectivity index (χ0) is 7.98. The van der Waals surface area contributed by atoms with E-state index in [1.54, 1.807) is 0 Å². The van der Waals surface area contributed by atoms with Crippen molar-refractivity contribution in [2.75, 3.05) is 13.2 Å². The fourth-order valence-electron chi connectivity index (χ4n) is 1.00. The summed E-state index contributed by atoms with van der Waals surface area (Å²) in [6.07, 6.45) is 1.70. The molecule has 10 heavy (non-hydrogen) atoms. The third kappa shape index (κ3) is 3.83. The van der Waals surface area contributed by atoms with Crippen molar-refractivity contribution in [2.45, 2.75) is 26.7 Å². The van der Waals surface area contributed by atoms with E-state index in [0.29, 0.717) is 18.3 Å². The maximum absolute atomic E-state index is 11.8. The number of nitrogens with two attached hydrogens (primary N) is 1. The second-order valence-electron chi connectivity index (χ2n) is 3.01. The van der Waals surface area contributed by atoms with E-state index in [0.717, 1.165) is 13.0 Å². The molecule has 0 fully saturated rings. The Kier molecular flexibility index (Phi) is 5.60. The molecule has 62 valence electrons. The molecular formula is C8H18FN. The Bertz CT molecular complexity index is 65.7. The van der Waals surface area contributed by atoms with Gasteiger partial charge in [0.1, 0.15) is 0 Å². The van der Waals surface area contributed by atoms with Gasteiger partial charge < -0.3 is 5.73 Å². The van der Waals surface area contributed by atoms with Crippen molar-refractivity contribution < 1.29 is 4.39 Å². The van der Waals surface area contributed by atoms with Crippen LogP contribution in [0.3, 0.4) is 0 Å². The molecule has 0 aliphatic carbocycles. The molecule has 0 aliphatic rings. The van der Waals surface area contributed by atoms with Gasteiger partial charge in [-0.2, -0.15) is 0 Å². The zero-order valence-electron chi connectivity index (χ0n) is 6.94. The van der Waals surface area contributed by atoms with E-state index in [-0.39, 0.29) is 6.67 Å².